The summed E-state index contributed by atoms with van der Waals surface area (Å²) < 4.78 is 13.0. The highest BCUT2D eigenvalue weighted by molar-refractivity contribution is 5.96. The van der Waals surface area contributed by atoms with Crippen LogP contribution in [0, 0.1) is 17.7 Å². The van der Waals surface area contributed by atoms with E-state index >= 15 is 0 Å². The minimum atomic E-state index is -1.26. The van der Waals surface area contributed by atoms with Crippen LogP contribution in [0.2, 0.25) is 0 Å². The number of carbonyl (C=O) groups is 3. The van der Waals surface area contributed by atoms with Crippen molar-refractivity contribution in [2.45, 2.75) is 32.1 Å². The normalized spacial score (nSPS) is 19.1. The maximum atomic E-state index is 13.0. The molecule has 0 saturated carbocycles. The Labute approximate surface area is 214 Å². The van der Waals surface area contributed by atoms with E-state index in [0.29, 0.717) is 30.1 Å². The molecular weight excluding hydrogens is 475 g/mol. The number of aliphatic carboxylic acids is 2. The van der Waals surface area contributed by atoms with Gasteiger partial charge in [-0.15, -0.1) is 0 Å². The predicted octanol–water partition coefficient (Wildman–Crippen LogP) is 4.72. The van der Waals surface area contributed by atoms with Crippen LogP contribution in [0.5, 0.6) is 0 Å². The molecule has 3 N–H and O–H groups in total. The van der Waals surface area contributed by atoms with Crippen molar-refractivity contribution in [3.63, 3.8) is 0 Å². The Morgan fingerprint density at radius 3 is 2.38 bits per heavy atom. The summed E-state index contributed by atoms with van der Waals surface area (Å²) in [5, 5.41) is 17.0. The number of halogens is 1. The van der Waals surface area contributed by atoms with Gasteiger partial charge in [-0.3, -0.25) is 4.79 Å². The minimum absolute atomic E-state index is 0.112. The summed E-state index contributed by atoms with van der Waals surface area (Å²) in [5.41, 5.74) is 4.86. The molecule has 2 aromatic carbocycles. The molecule has 0 amide bonds. The average molecular weight is 507 g/mol. The lowest BCUT2D eigenvalue weighted by Crippen LogP contribution is -2.44. The molecule has 8 heteroatoms. The Balaban J connectivity index is 0.000000349. The van der Waals surface area contributed by atoms with Crippen molar-refractivity contribution < 1.29 is 29.0 Å². The number of carbonyl (C=O) groups excluding carboxylic acids is 1. The van der Waals surface area contributed by atoms with Crippen LogP contribution >= 0.6 is 0 Å². The number of ketones is 1. The zero-order chi connectivity index (χ0) is 26.4. The smallest absolute Gasteiger partial charge is 0.328 e. The maximum absolute atomic E-state index is 13.0. The van der Waals surface area contributed by atoms with Gasteiger partial charge >= 0.3 is 11.9 Å². The molecule has 2 aliphatic rings. The molecule has 2 heterocycles. The van der Waals surface area contributed by atoms with Gasteiger partial charge in [-0.2, -0.15) is 0 Å². The molecule has 1 aliphatic carbocycles. The number of rotatable bonds is 7. The van der Waals surface area contributed by atoms with Gasteiger partial charge in [-0.25, -0.2) is 14.0 Å². The van der Waals surface area contributed by atoms with Crippen molar-refractivity contribution in [1.82, 2.24) is 9.88 Å². The van der Waals surface area contributed by atoms with Gasteiger partial charge in [0, 0.05) is 47.3 Å². The number of carboxylic acids is 2. The number of aromatic amines is 1. The summed E-state index contributed by atoms with van der Waals surface area (Å²) >= 11 is 0. The van der Waals surface area contributed by atoms with E-state index in [2.05, 4.69) is 34.1 Å². The monoisotopic (exact) mass is 506 g/mol. The summed E-state index contributed by atoms with van der Waals surface area (Å²) in [5.74, 6) is -1.22. The highest BCUT2D eigenvalue weighted by atomic mass is 19.1. The third-order valence-corrected chi connectivity index (χ3v) is 7.22. The number of nitrogens with one attached hydrogen (secondary N) is 1. The Hall–Kier alpha value is -3.78. The van der Waals surface area contributed by atoms with Gasteiger partial charge in [0.05, 0.1) is 0 Å². The van der Waals surface area contributed by atoms with Gasteiger partial charge in [0.2, 0.25) is 0 Å². The molecule has 0 unspecified atom stereocenters. The second kappa shape index (κ2) is 12.0. The van der Waals surface area contributed by atoms with Crippen LogP contribution in [0.1, 0.15) is 40.9 Å². The van der Waals surface area contributed by atoms with Crippen LogP contribution in [0.3, 0.4) is 0 Å². The molecular formula is C29H31FN2O5. The van der Waals surface area contributed by atoms with E-state index in [1.54, 1.807) is 12.1 Å². The zero-order valence-corrected chi connectivity index (χ0v) is 20.5. The van der Waals surface area contributed by atoms with Crippen LogP contribution in [0.25, 0.3) is 10.9 Å². The molecule has 37 heavy (non-hydrogen) atoms. The van der Waals surface area contributed by atoms with E-state index in [0.717, 1.165) is 38.4 Å². The standard InChI is InChI=1S/C25H27FN2O.C4H4O4/c26-20-9-7-17(8-10-20)25(29)6-3-12-28-13-11-18-15-24-22(14-19(18)16-28)21-4-1-2-5-23(21)27-24;5-3(6)1-2-4(7)8/h1-2,4-5,7-10,18-19,27H,3,6,11-16H2;1-2H,(H,5,6)(H,7,8)/b;2-1+/t18-,19+;/m1./s1. The van der Waals surface area contributed by atoms with Crippen LogP contribution in [-0.4, -0.2) is 57.5 Å². The van der Waals surface area contributed by atoms with Crippen LogP contribution in [0.15, 0.2) is 60.7 Å². The molecule has 0 radical (unpaired) electrons. The molecule has 1 saturated heterocycles. The molecule has 3 aromatic rings. The highest BCUT2D eigenvalue weighted by Gasteiger charge is 2.34. The number of para-hydroxylation sites is 1. The van der Waals surface area contributed by atoms with E-state index in [9.17, 15) is 18.8 Å². The number of H-pyrrole nitrogens is 1. The third kappa shape index (κ3) is 6.92. The first-order valence-electron chi connectivity index (χ1n) is 12.5. The molecule has 0 spiro atoms. The largest absolute Gasteiger partial charge is 0.478 e. The second-order valence-corrected chi connectivity index (χ2v) is 9.69. The van der Waals surface area contributed by atoms with E-state index in [-0.39, 0.29) is 11.6 Å². The van der Waals surface area contributed by atoms with Crippen LogP contribution in [0.4, 0.5) is 4.39 Å². The van der Waals surface area contributed by atoms with E-state index in [1.165, 1.54) is 47.1 Å². The fourth-order valence-electron chi connectivity index (χ4n) is 5.43. The van der Waals surface area contributed by atoms with Crippen molar-refractivity contribution >= 4 is 28.6 Å². The lowest BCUT2D eigenvalue weighted by molar-refractivity contribution is -0.134. The summed E-state index contributed by atoms with van der Waals surface area (Å²) in [7, 11) is 0. The quantitative estimate of drug-likeness (QED) is 0.316. The van der Waals surface area contributed by atoms with Gasteiger partial charge < -0.3 is 20.1 Å². The number of Topliss-reactive ketones (excluding diaryl/α,β-unsaturated/α-hetero) is 1. The number of benzene rings is 2. The van der Waals surface area contributed by atoms with Crippen molar-refractivity contribution in [3.05, 3.63) is 83.3 Å². The summed E-state index contributed by atoms with van der Waals surface area (Å²) in [6.07, 6.45) is 6.09. The predicted molar refractivity (Wildman–Crippen MR) is 138 cm³/mol. The summed E-state index contributed by atoms with van der Waals surface area (Å²) in [6.45, 7) is 3.23. The highest BCUT2D eigenvalue weighted by Crippen LogP contribution is 2.38. The number of aromatic nitrogens is 1. The number of carboxylic acid groups (broad SMARTS) is 2. The van der Waals surface area contributed by atoms with Crippen LogP contribution in [-0.2, 0) is 22.4 Å². The zero-order valence-electron chi connectivity index (χ0n) is 20.5. The number of piperidine rings is 1. The topological polar surface area (TPSA) is 111 Å². The number of likely N-dealkylation sites (tertiary alicyclic amines) is 1. The summed E-state index contributed by atoms with van der Waals surface area (Å²) in [6, 6.07) is 14.6. The number of hydrogen-bond donors (Lipinski definition) is 3. The first kappa shape index (κ1) is 26.3. The first-order chi connectivity index (χ1) is 17.8. The molecule has 1 aromatic heterocycles. The van der Waals surface area contributed by atoms with Gasteiger partial charge in [-0.05, 0) is 86.5 Å². The number of fused-ring (bicyclic) bond motifs is 4. The molecule has 1 fully saturated rings. The van der Waals surface area contributed by atoms with Crippen molar-refractivity contribution in [1.29, 1.82) is 0 Å². The third-order valence-electron chi connectivity index (χ3n) is 7.22. The Morgan fingerprint density at radius 2 is 1.68 bits per heavy atom. The van der Waals surface area contributed by atoms with E-state index < -0.39 is 11.9 Å². The second-order valence-electron chi connectivity index (χ2n) is 9.69. The molecule has 194 valence electrons. The Kier molecular flexibility index (Phi) is 8.50. The lowest BCUT2D eigenvalue weighted by Gasteiger charge is -2.41. The molecule has 5 rings (SSSR count). The maximum Gasteiger partial charge on any atom is 0.328 e. The molecule has 0 bridgehead atoms. The molecule has 7 nitrogen and oxygen atoms in total. The average Bonchev–Trinajstić information content (AvgIpc) is 3.24. The van der Waals surface area contributed by atoms with E-state index in [1.807, 2.05) is 0 Å². The van der Waals surface area contributed by atoms with E-state index in [4.69, 9.17) is 10.2 Å². The lowest BCUT2D eigenvalue weighted by atomic mass is 9.74. The van der Waals surface area contributed by atoms with Gasteiger partial charge in [-0.1, -0.05) is 18.2 Å². The fourth-order valence-corrected chi connectivity index (χ4v) is 5.43. The van der Waals surface area contributed by atoms with Crippen molar-refractivity contribution in [2.75, 3.05) is 19.6 Å². The van der Waals surface area contributed by atoms with Gasteiger partial charge in [0.1, 0.15) is 5.82 Å². The SMILES string of the molecule is O=C(CCCN1CC[C@@H]2Cc3[nH]c4ccccc4c3C[C@H]2C1)c1ccc(F)cc1.O=C(O)/C=C/C(=O)O. The Bertz CT molecular complexity index is 1280. The molecule has 1 aliphatic heterocycles. The molecule has 2 atom stereocenters. The van der Waals surface area contributed by atoms with Crippen molar-refractivity contribution in [2.24, 2.45) is 11.8 Å². The van der Waals surface area contributed by atoms with Crippen LogP contribution < -0.4 is 0 Å². The van der Waals surface area contributed by atoms with Crippen molar-refractivity contribution in [3.8, 4) is 0 Å². The fraction of sp³-hybridized carbons (Fsp3) is 0.345. The summed E-state index contributed by atoms with van der Waals surface area (Å²) in [4.78, 5) is 37.6. The van der Waals surface area contributed by atoms with Gasteiger partial charge in [0.25, 0.3) is 0 Å². The minimum Gasteiger partial charge on any atom is -0.478 e. The van der Waals surface area contributed by atoms with Gasteiger partial charge in [0.15, 0.2) is 5.78 Å². The number of nitrogens with zero attached hydrogens (tertiary/aromatic N) is 1. The number of hydrogen-bond acceptors (Lipinski definition) is 4. The Morgan fingerprint density at radius 1 is 0.973 bits per heavy atom. The first-order valence-corrected chi connectivity index (χ1v) is 12.5.